The molecule has 72 valence electrons. The van der Waals surface area contributed by atoms with Crippen molar-refractivity contribution in [2.75, 3.05) is 5.32 Å². The molecule has 0 saturated carbocycles. The fraction of sp³-hybridized carbons (Fsp3) is 0. The van der Waals surface area contributed by atoms with Gasteiger partial charge in [-0.15, -0.1) is 11.3 Å². The van der Waals surface area contributed by atoms with Gasteiger partial charge >= 0.3 is 0 Å². The van der Waals surface area contributed by atoms with E-state index in [4.69, 9.17) is 23.2 Å². The molecule has 0 unspecified atom stereocenters. The summed E-state index contributed by atoms with van der Waals surface area (Å²) in [5.74, 6) is 0. The zero-order chi connectivity index (χ0) is 9.97. The first-order chi connectivity index (χ1) is 6.77. The van der Waals surface area contributed by atoms with Crippen LogP contribution in [0.4, 0.5) is 10.8 Å². The summed E-state index contributed by atoms with van der Waals surface area (Å²) in [5, 5.41) is 6.83. The summed E-state index contributed by atoms with van der Waals surface area (Å²) in [5.41, 5.74) is 0.772. The van der Waals surface area contributed by atoms with E-state index < -0.39 is 0 Å². The number of nitrogens with one attached hydrogen (secondary N) is 1. The van der Waals surface area contributed by atoms with Crippen molar-refractivity contribution in [3.05, 3.63) is 39.8 Å². The van der Waals surface area contributed by atoms with Crippen molar-refractivity contribution in [3.8, 4) is 0 Å². The minimum atomic E-state index is 0.518. The molecule has 0 spiro atoms. The largest absolute Gasteiger partial charge is 0.330 e. The molecule has 0 aliphatic rings. The molecule has 0 bridgehead atoms. The van der Waals surface area contributed by atoms with Crippen LogP contribution in [0.25, 0.3) is 0 Å². The Bertz CT molecular complexity index is 428. The number of halogens is 2. The van der Waals surface area contributed by atoms with Crippen LogP contribution in [0.15, 0.2) is 29.8 Å². The highest BCUT2D eigenvalue weighted by Gasteiger charge is 2.04. The summed E-state index contributed by atoms with van der Waals surface area (Å²) in [6.07, 6.45) is 1.73. The van der Waals surface area contributed by atoms with Crippen LogP contribution in [0.5, 0.6) is 0 Å². The number of anilines is 2. The lowest BCUT2D eigenvalue weighted by Gasteiger charge is -2.05. The van der Waals surface area contributed by atoms with Gasteiger partial charge in [-0.3, -0.25) is 0 Å². The van der Waals surface area contributed by atoms with Gasteiger partial charge in [0, 0.05) is 11.6 Å². The van der Waals surface area contributed by atoms with E-state index in [0.29, 0.717) is 10.0 Å². The molecular weight excluding hydrogens is 239 g/mol. The molecule has 0 aliphatic heterocycles. The fourth-order valence-corrected chi connectivity index (χ4v) is 1.89. The van der Waals surface area contributed by atoms with E-state index in [2.05, 4.69) is 10.3 Å². The second kappa shape index (κ2) is 4.17. The molecule has 2 rings (SSSR count). The van der Waals surface area contributed by atoms with Gasteiger partial charge in [-0.2, -0.15) is 0 Å². The van der Waals surface area contributed by atoms with Crippen molar-refractivity contribution in [2.45, 2.75) is 0 Å². The predicted octanol–water partition coefficient (Wildman–Crippen LogP) is 4.19. The lowest BCUT2D eigenvalue weighted by molar-refractivity contribution is 1.39. The first kappa shape index (κ1) is 9.77. The molecule has 0 fully saturated rings. The molecule has 0 amide bonds. The van der Waals surface area contributed by atoms with Gasteiger partial charge in [0.1, 0.15) is 0 Å². The third kappa shape index (κ3) is 2.00. The molecule has 0 radical (unpaired) electrons. The Kier molecular flexibility index (Phi) is 2.91. The second-order valence-corrected chi connectivity index (χ2v) is 4.24. The number of aromatic nitrogens is 1. The van der Waals surface area contributed by atoms with Gasteiger partial charge in [0.2, 0.25) is 0 Å². The highest BCUT2D eigenvalue weighted by atomic mass is 35.5. The molecule has 1 aromatic carbocycles. The minimum Gasteiger partial charge on any atom is -0.330 e. The summed E-state index contributed by atoms with van der Waals surface area (Å²) < 4.78 is 0. The van der Waals surface area contributed by atoms with E-state index in [-0.39, 0.29) is 0 Å². The first-order valence-corrected chi connectivity index (χ1v) is 5.51. The topological polar surface area (TPSA) is 24.9 Å². The average Bonchev–Trinajstić information content (AvgIpc) is 2.66. The average molecular weight is 245 g/mol. The Morgan fingerprint density at radius 1 is 1.29 bits per heavy atom. The van der Waals surface area contributed by atoms with Crippen LogP contribution in [0.3, 0.4) is 0 Å². The smallest absolute Gasteiger partial charge is 0.187 e. The predicted molar refractivity (Wildman–Crippen MR) is 61.9 cm³/mol. The van der Waals surface area contributed by atoms with E-state index in [0.717, 1.165) is 10.8 Å². The maximum atomic E-state index is 5.99. The van der Waals surface area contributed by atoms with Crippen molar-refractivity contribution in [3.63, 3.8) is 0 Å². The monoisotopic (exact) mass is 244 g/mol. The van der Waals surface area contributed by atoms with Gasteiger partial charge in [-0.05, 0) is 12.1 Å². The zero-order valence-electron chi connectivity index (χ0n) is 7.00. The van der Waals surface area contributed by atoms with Gasteiger partial charge in [0.15, 0.2) is 5.13 Å². The van der Waals surface area contributed by atoms with Crippen molar-refractivity contribution in [2.24, 2.45) is 0 Å². The summed E-state index contributed by atoms with van der Waals surface area (Å²) in [6, 6.07) is 5.44. The van der Waals surface area contributed by atoms with Crippen LogP contribution in [-0.4, -0.2) is 4.98 Å². The van der Waals surface area contributed by atoms with Gasteiger partial charge in [0.25, 0.3) is 0 Å². The molecule has 0 saturated heterocycles. The Labute approximate surface area is 95.5 Å². The number of thiazole rings is 1. The number of benzene rings is 1. The molecule has 0 aliphatic carbocycles. The fourth-order valence-electron chi connectivity index (χ4n) is 1.00. The number of hydrogen-bond acceptors (Lipinski definition) is 3. The minimum absolute atomic E-state index is 0.518. The Hall–Kier alpha value is -0.770. The van der Waals surface area contributed by atoms with Crippen LogP contribution in [-0.2, 0) is 0 Å². The third-order valence-electron chi connectivity index (χ3n) is 1.63. The summed E-state index contributed by atoms with van der Waals surface area (Å²) in [6.45, 7) is 0. The van der Waals surface area contributed by atoms with Crippen LogP contribution in [0.2, 0.25) is 10.0 Å². The number of hydrogen-bond donors (Lipinski definition) is 1. The van der Waals surface area contributed by atoms with Crippen molar-refractivity contribution in [1.29, 1.82) is 0 Å². The summed E-state index contributed by atoms with van der Waals surface area (Å²) >= 11 is 13.4. The Morgan fingerprint density at radius 3 is 2.86 bits per heavy atom. The normalized spacial score (nSPS) is 10.1. The third-order valence-corrected chi connectivity index (χ3v) is 3.13. The highest BCUT2D eigenvalue weighted by Crippen LogP contribution is 2.31. The molecule has 5 heteroatoms. The van der Waals surface area contributed by atoms with E-state index in [9.17, 15) is 0 Å². The molecular formula is C9H6Cl2N2S. The Balaban J connectivity index is 2.29. The molecule has 1 aromatic heterocycles. The van der Waals surface area contributed by atoms with E-state index >= 15 is 0 Å². The standard InChI is InChI=1S/C9H6Cl2N2S/c10-6-2-1-3-7(8(6)11)13-9-12-4-5-14-9/h1-5H,(H,12,13). The Morgan fingerprint density at radius 2 is 2.14 bits per heavy atom. The molecule has 2 nitrogen and oxygen atoms in total. The number of nitrogens with zero attached hydrogens (tertiary/aromatic N) is 1. The molecule has 2 aromatic rings. The maximum absolute atomic E-state index is 5.99. The number of rotatable bonds is 2. The van der Waals surface area contributed by atoms with Crippen LogP contribution in [0, 0.1) is 0 Å². The first-order valence-electron chi connectivity index (χ1n) is 3.88. The van der Waals surface area contributed by atoms with Crippen molar-refractivity contribution < 1.29 is 0 Å². The second-order valence-electron chi connectivity index (χ2n) is 2.56. The van der Waals surface area contributed by atoms with Gasteiger partial charge in [-0.1, -0.05) is 29.3 Å². The van der Waals surface area contributed by atoms with Crippen LogP contribution < -0.4 is 5.32 Å². The summed E-state index contributed by atoms with van der Waals surface area (Å²) in [4.78, 5) is 4.09. The highest BCUT2D eigenvalue weighted by molar-refractivity contribution is 7.13. The molecule has 1 heterocycles. The van der Waals surface area contributed by atoms with Crippen molar-refractivity contribution in [1.82, 2.24) is 4.98 Å². The van der Waals surface area contributed by atoms with E-state index in [1.807, 2.05) is 17.5 Å². The lowest BCUT2D eigenvalue weighted by atomic mass is 10.3. The maximum Gasteiger partial charge on any atom is 0.187 e. The summed E-state index contributed by atoms with van der Waals surface area (Å²) in [7, 11) is 0. The molecule has 14 heavy (non-hydrogen) atoms. The van der Waals surface area contributed by atoms with Gasteiger partial charge in [0.05, 0.1) is 15.7 Å². The van der Waals surface area contributed by atoms with E-state index in [1.165, 1.54) is 11.3 Å². The molecule has 0 atom stereocenters. The van der Waals surface area contributed by atoms with Crippen molar-refractivity contribution >= 4 is 45.4 Å². The van der Waals surface area contributed by atoms with Crippen LogP contribution in [0.1, 0.15) is 0 Å². The lowest BCUT2D eigenvalue weighted by Crippen LogP contribution is -1.89. The molecule has 1 N–H and O–H groups in total. The van der Waals surface area contributed by atoms with Crippen LogP contribution >= 0.6 is 34.5 Å². The zero-order valence-corrected chi connectivity index (χ0v) is 9.33. The van der Waals surface area contributed by atoms with Gasteiger partial charge in [-0.25, -0.2) is 4.98 Å². The van der Waals surface area contributed by atoms with Gasteiger partial charge < -0.3 is 5.32 Å². The van der Waals surface area contributed by atoms with E-state index in [1.54, 1.807) is 12.3 Å². The quantitative estimate of drug-likeness (QED) is 0.857. The SMILES string of the molecule is Clc1cccc(Nc2nccs2)c1Cl.